The van der Waals surface area contributed by atoms with Crippen molar-refractivity contribution >= 4 is 11.9 Å². The number of esters is 1. The number of carbonyl (C=O) groups is 2. The van der Waals surface area contributed by atoms with E-state index >= 15 is 0 Å². The van der Waals surface area contributed by atoms with Crippen LogP contribution < -0.4 is 10.1 Å². The van der Waals surface area contributed by atoms with Crippen LogP contribution in [0.3, 0.4) is 0 Å². The Labute approximate surface area is 150 Å². The molecular weight excluding hydrogens is 318 g/mol. The fraction of sp³-hybridized carbons (Fsp3) is 0.600. The first-order valence-electron chi connectivity index (χ1n) is 9.10. The standard InChI is InChI=1S/C20H29NO4/c1-13(2)25-17-10-8-16(9-11-17)20(23)24-12-19(22)21-18-7-5-6-14(3)15(18)4/h8-11,13-15,18H,5-7,12H2,1-4H3,(H,21,22)/t14-,15-,18+/m0/s1. The Morgan fingerprint density at radius 1 is 1.16 bits per heavy atom. The van der Waals surface area contributed by atoms with E-state index in [1.165, 1.54) is 6.42 Å². The number of nitrogens with one attached hydrogen (secondary N) is 1. The molecule has 1 saturated carbocycles. The summed E-state index contributed by atoms with van der Waals surface area (Å²) in [6, 6.07) is 6.90. The Morgan fingerprint density at radius 2 is 1.84 bits per heavy atom. The zero-order valence-electron chi connectivity index (χ0n) is 15.6. The van der Waals surface area contributed by atoms with Crippen molar-refractivity contribution < 1.29 is 19.1 Å². The van der Waals surface area contributed by atoms with Crippen molar-refractivity contribution in [3.63, 3.8) is 0 Å². The number of hydrogen-bond acceptors (Lipinski definition) is 4. The summed E-state index contributed by atoms with van der Waals surface area (Å²) in [4.78, 5) is 24.1. The van der Waals surface area contributed by atoms with Gasteiger partial charge in [0.1, 0.15) is 5.75 Å². The van der Waals surface area contributed by atoms with Gasteiger partial charge in [-0.2, -0.15) is 0 Å². The van der Waals surface area contributed by atoms with Gasteiger partial charge in [0.05, 0.1) is 11.7 Å². The first kappa shape index (κ1) is 19.3. The second-order valence-corrected chi connectivity index (χ2v) is 7.21. The smallest absolute Gasteiger partial charge is 0.338 e. The van der Waals surface area contributed by atoms with Crippen LogP contribution in [0.1, 0.15) is 57.3 Å². The molecule has 0 spiro atoms. The number of hydrogen-bond donors (Lipinski definition) is 1. The highest BCUT2D eigenvalue weighted by atomic mass is 16.5. The van der Waals surface area contributed by atoms with E-state index in [0.717, 1.165) is 12.8 Å². The summed E-state index contributed by atoms with van der Waals surface area (Å²) < 4.78 is 10.7. The second-order valence-electron chi connectivity index (χ2n) is 7.21. The minimum absolute atomic E-state index is 0.0754. The van der Waals surface area contributed by atoms with Gasteiger partial charge in [-0.05, 0) is 56.4 Å². The van der Waals surface area contributed by atoms with Gasteiger partial charge in [0.25, 0.3) is 5.91 Å². The number of amides is 1. The summed E-state index contributed by atoms with van der Waals surface area (Å²) in [5.41, 5.74) is 0.406. The minimum atomic E-state index is -0.503. The SMILES string of the molecule is CC(C)Oc1ccc(C(=O)OCC(=O)N[C@@H]2CCC[C@H](C)[C@@H]2C)cc1. The fourth-order valence-corrected chi connectivity index (χ4v) is 3.19. The summed E-state index contributed by atoms with van der Waals surface area (Å²) in [7, 11) is 0. The molecule has 0 heterocycles. The van der Waals surface area contributed by atoms with Crippen LogP contribution in [0, 0.1) is 11.8 Å². The van der Waals surface area contributed by atoms with Gasteiger partial charge in [-0.25, -0.2) is 4.79 Å². The van der Waals surface area contributed by atoms with Crippen molar-refractivity contribution in [2.45, 2.75) is 59.1 Å². The molecule has 0 saturated heterocycles. The molecule has 1 aliphatic rings. The first-order chi connectivity index (χ1) is 11.9. The molecule has 1 aromatic rings. The Hall–Kier alpha value is -2.04. The molecule has 0 aliphatic heterocycles. The van der Waals surface area contributed by atoms with Crippen LogP contribution in [0.5, 0.6) is 5.75 Å². The lowest BCUT2D eigenvalue weighted by atomic mass is 9.78. The maximum atomic E-state index is 12.1. The van der Waals surface area contributed by atoms with Gasteiger partial charge in [0.15, 0.2) is 6.61 Å². The van der Waals surface area contributed by atoms with Gasteiger partial charge in [-0.15, -0.1) is 0 Å². The van der Waals surface area contributed by atoms with E-state index in [1.54, 1.807) is 24.3 Å². The summed E-state index contributed by atoms with van der Waals surface area (Å²) in [6.45, 7) is 8.02. The van der Waals surface area contributed by atoms with E-state index < -0.39 is 5.97 Å². The maximum Gasteiger partial charge on any atom is 0.338 e. The van der Waals surface area contributed by atoms with Crippen LogP contribution in [-0.2, 0) is 9.53 Å². The van der Waals surface area contributed by atoms with Crippen molar-refractivity contribution in [1.82, 2.24) is 5.32 Å². The van der Waals surface area contributed by atoms with Crippen LogP contribution in [0.2, 0.25) is 0 Å². The topological polar surface area (TPSA) is 64.6 Å². The second kappa shape index (κ2) is 8.88. The first-order valence-corrected chi connectivity index (χ1v) is 9.10. The third-order valence-corrected chi connectivity index (χ3v) is 4.85. The Morgan fingerprint density at radius 3 is 2.48 bits per heavy atom. The molecule has 5 nitrogen and oxygen atoms in total. The van der Waals surface area contributed by atoms with E-state index in [2.05, 4.69) is 19.2 Å². The molecule has 1 N–H and O–H groups in total. The van der Waals surface area contributed by atoms with Gasteiger partial charge in [-0.3, -0.25) is 4.79 Å². The lowest BCUT2D eigenvalue weighted by molar-refractivity contribution is -0.125. The molecule has 1 amide bonds. The van der Waals surface area contributed by atoms with Crippen molar-refractivity contribution in [2.75, 3.05) is 6.61 Å². The lowest BCUT2D eigenvalue weighted by Crippen LogP contribution is -2.45. The molecule has 0 unspecified atom stereocenters. The van der Waals surface area contributed by atoms with E-state index in [-0.39, 0.29) is 24.7 Å². The molecule has 25 heavy (non-hydrogen) atoms. The summed E-state index contributed by atoms with van der Waals surface area (Å²) in [5.74, 6) is 1.01. The maximum absolute atomic E-state index is 12.1. The summed E-state index contributed by atoms with van der Waals surface area (Å²) in [6.07, 6.45) is 3.40. The van der Waals surface area contributed by atoms with Crippen LogP contribution in [-0.4, -0.2) is 30.6 Å². The highest BCUT2D eigenvalue weighted by Crippen LogP contribution is 2.29. The van der Waals surface area contributed by atoms with E-state index in [9.17, 15) is 9.59 Å². The van der Waals surface area contributed by atoms with Crippen LogP contribution in [0.25, 0.3) is 0 Å². The molecule has 1 fully saturated rings. The van der Waals surface area contributed by atoms with E-state index in [0.29, 0.717) is 23.1 Å². The lowest BCUT2D eigenvalue weighted by Gasteiger charge is -2.34. The number of benzene rings is 1. The van der Waals surface area contributed by atoms with Crippen molar-refractivity contribution in [3.05, 3.63) is 29.8 Å². The number of carbonyl (C=O) groups excluding carboxylic acids is 2. The molecular formula is C20H29NO4. The van der Waals surface area contributed by atoms with Gasteiger partial charge < -0.3 is 14.8 Å². The molecule has 1 aromatic carbocycles. The van der Waals surface area contributed by atoms with Crippen LogP contribution in [0.15, 0.2) is 24.3 Å². The Kier molecular flexibility index (Phi) is 6.85. The van der Waals surface area contributed by atoms with Crippen molar-refractivity contribution in [3.8, 4) is 5.75 Å². The molecule has 5 heteroatoms. The average molecular weight is 347 g/mol. The predicted molar refractivity (Wildman–Crippen MR) is 96.6 cm³/mol. The fourth-order valence-electron chi connectivity index (χ4n) is 3.19. The summed E-state index contributed by atoms with van der Waals surface area (Å²) >= 11 is 0. The normalized spacial score (nSPS) is 23.2. The number of ether oxygens (including phenoxy) is 2. The van der Waals surface area contributed by atoms with Crippen LogP contribution >= 0.6 is 0 Å². The molecule has 3 atom stereocenters. The zero-order chi connectivity index (χ0) is 18.4. The third kappa shape index (κ3) is 5.76. The monoisotopic (exact) mass is 347 g/mol. The van der Waals surface area contributed by atoms with Crippen molar-refractivity contribution in [1.29, 1.82) is 0 Å². The molecule has 0 radical (unpaired) electrons. The van der Waals surface area contributed by atoms with E-state index in [4.69, 9.17) is 9.47 Å². The zero-order valence-corrected chi connectivity index (χ0v) is 15.6. The van der Waals surface area contributed by atoms with E-state index in [1.807, 2.05) is 13.8 Å². The molecule has 0 aromatic heterocycles. The highest BCUT2D eigenvalue weighted by molar-refractivity contribution is 5.91. The van der Waals surface area contributed by atoms with Gasteiger partial charge in [0.2, 0.25) is 0 Å². The predicted octanol–water partition coefficient (Wildman–Crippen LogP) is 3.57. The molecule has 0 bridgehead atoms. The minimum Gasteiger partial charge on any atom is -0.491 e. The van der Waals surface area contributed by atoms with Crippen LogP contribution in [0.4, 0.5) is 0 Å². The van der Waals surface area contributed by atoms with Crippen molar-refractivity contribution in [2.24, 2.45) is 11.8 Å². The summed E-state index contributed by atoms with van der Waals surface area (Å²) in [5, 5.41) is 3.00. The van der Waals surface area contributed by atoms with Gasteiger partial charge in [-0.1, -0.05) is 26.7 Å². The number of rotatable bonds is 6. The largest absolute Gasteiger partial charge is 0.491 e. The Bertz CT molecular complexity index is 582. The average Bonchev–Trinajstić information content (AvgIpc) is 2.57. The quantitative estimate of drug-likeness (QED) is 0.799. The van der Waals surface area contributed by atoms with Gasteiger partial charge in [0, 0.05) is 6.04 Å². The molecule has 1 aliphatic carbocycles. The van der Waals surface area contributed by atoms with Gasteiger partial charge >= 0.3 is 5.97 Å². The Balaban J connectivity index is 1.80. The molecule has 138 valence electrons. The molecule has 2 rings (SSSR count). The highest BCUT2D eigenvalue weighted by Gasteiger charge is 2.28. The third-order valence-electron chi connectivity index (χ3n) is 4.85.